The van der Waals surface area contributed by atoms with E-state index in [1.54, 1.807) is 37.3 Å². The number of carbonyl (C=O) groups excluding carboxylic acids is 1. The maximum Gasteiger partial charge on any atom is 0.256 e. The summed E-state index contributed by atoms with van der Waals surface area (Å²) in [5.41, 5.74) is 0.801. The number of ether oxygens (including phenoxy) is 2. The van der Waals surface area contributed by atoms with Gasteiger partial charge in [-0.2, -0.15) is 4.98 Å². The van der Waals surface area contributed by atoms with Gasteiger partial charge in [-0.15, -0.1) is 0 Å². The Labute approximate surface area is 177 Å². The molecule has 3 aromatic rings. The zero-order valence-electron chi connectivity index (χ0n) is 16.4. The van der Waals surface area contributed by atoms with Gasteiger partial charge in [-0.3, -0.25) is 4.79 Å². The van der Waals surface area contributed by atoms with Crippen molar-refractivity contribution in [1.29, 1.82) is 0 Å². The summed E-state index contributed by atoms with van der Waals surface area (Å²) < 4.78 is 29.7. The van der Waals surface area contributed by atoms with Crippen LogP contribution in [0, 0.1) is 5.82 Å². The lowest BCUT2D eigenvalue weighted by atomic mass is 10.1. The molecule has 0 bridgehead atoms. The van der Waals surface area contributed by atoms with Gasteiger partial charge in [0.2, 0.25) is 11.7 Å². The summed E-state index contributed by atoms with van der Waals surface area (Å²) >= 11 is 6.11. The Kier molecular flexibility index (Phi) is 5.59. The van der Waals surface area contributed by atoms with Gasteiger partial charge in [-0.05, 0) is 49.2 Å². The summed E-state index contributed by atoms with van der Waals surface area (Å²) in [6.45, 7) is 0.490. The molecule has 1 atom stereocenters. The van der Waals surface area contributed by atoms with Crippen molar-refractivity contribution >= 4 is 17.5 Å². The normalized spacial score (nSPS) is 16.0. The number of methoxy groups -OCH3 is 2. The van der Waals surface area contributed by atoms with Crippen LogP contribution >= 0.6 is 11.6 Å². The summed E-state index contributed by atoms with van der Waals surface area (Å²) in [5.74, 6) is 0.927. The standard InChI is InChI=1S/C21H19ClFN3O4/c1-28-17-8-5-12(10-18(17)29-2)19-24-20(30-25-19)16-4-3-9-26(16)21(27)14-11-13(23)6-7-15(14)22/h5-8,10-11,16H,3-4,9H2,1-2H3/t16-/m0/s1. The number of hydrogen-bond donors (Lipinski definition) is 0. The van der Waals surface area contributed by atoms with E-state index in [-0.39, 0.29) is 16.5 Å². The second-order valence-electron chi connectivity index (χ2n) is 6.81. The summed E-state index contributed by atoms with van der Waals surface area (Å²) in [4.78, 5) is 19.1. The highest BCUT2D eigenvalue weighted by Gasteiger charge is 2.35. The first-order valence-electron chi connectivity index (χ1n) is 9.34. The van der Waals surface area contributed by atoms with Crippen LogP contribution < -0.4 is 9.47 Å². The van der Waals surface area contributed by atoms with Crippen LogP contribution in [0.2, 0.25) is 5.02 Å². The monoisotopic (exact) mass is 431 g/mol. The summed E-state index contributed by atoms with van der Waals surface area (Å²) in [6, 6.07) is 8.62. The molecule has 2 heterocycles. The molecule has 1 fully saturated rings. The second-order valence-corrected chi connectivity index (χ2v) is 7.21. The average Bonchev–Trinajstić information content (AvgIpc) is 3.44. The first-order chi connectivity index (χ1) is 14.5. The lowest BCUT2D eigenvalue weighted by Crippen LogP contribution is -2.31. The van der Waals surface area contributed by atoms with Crippen molar-refractivity contribution in [1.82, 2.24) is 15.0 Å². The van der Waals surface area contributed by atoms with Crippen molar-refractivity contribution in [3.63, 3.8) is 0 Å². The number of halogens is 2. The van der Waals surface area contributed by atoms with E-state index in [0.29, 0.717) is 41.7 Å². The molecule has 7 nitrogen and oxygen atoms in total. The molecule has 9 heteroatoms. The molecule has 1 amide bonds. The molecule has 0 N–H and O–H groups in total. The molecule has 2 aromatic carbocycles. The first-order valence-corrected chi connectivity index (χ1v) is 9.71. The molecule has 0 radical (unpaired) electrons. The van der Waals surface area contributed by atoms with E-state index in [1.165, 1.54) is 12.1 Å². The SMILES string of the molecule is COc1ccc(-c2noc([C@@H]3CCCN3C(=O)c3cc(F)ccc3Cl)n2)cc1OC. The summed E-state index contributed by atoms with van der Waals surface area (Å²) in [5, 5.41) is 4.25. The van der Waals surface area contributed by atoms with Crippen molar-refractivity contribution in [3.05, 3.63) is 58.7 Å². The minimum atomic E-state index is -0.521. The van der Waals surface area contributed by atoms with Gasteiger partial charge in [0.15, 0.2) is 11.5 Å². The molecule has 0 saturated carbocycles. The van der Waals surface area contributed by atoms with E-state index in [2.05, 4.69) is 10.1 Å². The fraction of sp³-hybridized carbons (Fsp3) is 0.286. The van der Waals surface area contributed by atoms with Crippen molar-refractivity contribution < 1.29 is 23.2 Å². The molecule has 1 aromatic heterocycles. The van der Waals surface area contributed by atoms with Gasteiger partial charge in [-0.1, -0.05) is 16.8 Å². The third-order valence-corrected chi connectivity index (χ3v) is 5.37. The molecule has 156 valence electrons. The van der Waals surface area contributed by atoms with Gasteiger partial charge in [-0.25, -0.2) is 4.39 Å². The van der Waals surface area contributed by atoms with Crippen molar-refractivity contribution in [2.45, 2.75) is 18.9 Å². The van der Waals surface area contributed by atoms with Gasteiger partial charge in [0.25, 0.3) is 5.91 Å². The second kappa shape index (κ2) is 8.31. The Morgan fingerprint density at radius 3 is 2.77 bits per heavy atom. The molecule has 1 saturated heterocycles. The van der Waals surface area contributed by atoms with E-state index in [4.69, 9.17) is 25.6 Å². The van der Waals surface area contributed by atoms with Gasteiger partial charge < -0.3 is 18.9 Å². The zero-order valence-corrected chi connectivity index (χ0v) is 17.1. The quantitative estimate of drug-likeness (QED) is 0.591. The van der Waals surface area contributed by atoms with Gasteiger partial charge in [0, 0.05) is 12.1 Å². The Bertz CT molecular complexity index is 1090. The van der Waals surface area contributed by atoms with Crippen molar-refractivity contribution in [3.8, 4) is 22.9 Å². The third-order valence-electron chi connectivity index (χ3n) is 5.04. The Morgan fingerprint density at radius 1 is 1.20 bits per heavy atom. The molecule has 0 unspecified atom stereocenters. The van der Waals surface area contributed by atoms with Crippen LogP contribution in [0.4, 0.5) is 4.39 Å². The van der Waals surface area contributed by atoms with Crippen LogP contribution in [0.25, 0.3) is 11.4 Å². The number of rotatable bonds is 5. The smallest absolute Gasteiger partial charge is 0.256 e. The zero-order chi connectivity index (χ0) is 21.3. The lowest BCUT2D eigenvalue weighted by Gasteiger charge is -2.22. The molecule has 1 aliphatic heterocycles. The highest BCUT2D eigenvalue weighted by atomic mass is 35.5. The van der Waals surface area contributed by atoms with E-state index in [9.17, 15) is 9.18 Å². The van der Waals surface area contributed by atoms with Crippen LogP contribution in [-0.2, 0) is 0 Å². The van der Waals surface area contributed by atoms with Crippen LogP contribution in [0.3, 0.4) is 0 Å². The fourth-order valence-corrected chi connectivity index (χ4v) is 3.74. The number of benzene rings is 2. The molecule has 30 heavy (non-hydrogen) atoms. The fourth-order valence-electron chi connectivity index (χ4n) is 3.55. The predicted octanol–water partition coefficient (Wildman–Crippen LogP) is 4.52. The Balaban J connectivity index is 1.61. The number of hydrogen-bond acceptors (Lipinski definition) is 6. The van der Waals surface area contributed by atoms with Crippen molar-refractivity contribution in [2.75, 3.05) is 20.8 Å². The average molecular weight is 432 g/mol. The maximum atomic E-state index is 13.6. The molecule has 1 aliphatic rings. The number of likely N-dealkylation sites (tertiary alicyclic amines) is 1. The molecule has 0 aliphatic carbocycles. The predicted molar refractivity (Wildman–Crippen MR) is 107 cm³/mol. The summed E-state index contributed by atoms with van der Waals surface area (Å²) in [6.07, 6.45) is 1.42. The molecule has 0 spiro atoms. The Hall–Kier alpha value is -3.13. The number of nitrogens with zero attached hydrogens (tertiary/aromatic N) is 3. The first kappa shape index (κ1) is 20.2. The minimum Gasteiger partial charge on any atom is -0.493 e. The minimum absolute atomic E-state index is 0.114. The third kappa shape index (κ3) is 3.70. The maximum absolute atomic E-state index is 13.6. The van der Waals surface area contributed by atoms with Crippen LogP contribution in [-0.4, -0.2) is 41.7 Å². The molecule has 4 rings (SSSR count). The van der Waals surface area contributed by atoms with Crippen LogP contribution in [0.5, 0.6) is 11.5 Å². The van der Waals surface area contributed by atoms with Crippen LogP contribution in [0.15, 0.2) is 40.9 Å². The van der Waals surface area contributed by atoms with Gasteiger partial charge >= 0.3 is 0 Å². The number of carbonyl (C=O) groups is 1. The van der Waals surface area contributed by atoms with E-state index < -0.39 is 11.9 Å². The Morgan fingerprint density at radius 2 is 2.00 bits per heavy atom. The number of amides is 1. The van der Waals surface area contributed by atoms with Gasteiger partial charge in [0.1, 0.15) is 11.9 Å². The largest absolute Gasteiger partial charge is 0.493 e. The highest BCUT2D eigenvalue weighted by molar-refractivity contribution is 6.33. The summed E-state index contributed by atoms with van der Waals surface area (Å²) in [7, 11) is 3.10. The van der Waals surface area contributed by atoms with E-state index in [0.717, 1.165) is 12.5 Å². The van der Waals surface area contributed by atoms with Crippen molar-refractivity contribution in [2.24, 2.45) is 0 Å². The van der Waals surface area contributed by atoms with Gasteiger partial charge in [0.05, 0.1) is 24.8 Å². The van der Waals surface area contributed by atoms with E-state index >= 15 is 0 Å². The highest BCUT2D eigenvalue weighted by Crippen LogP contribution is 2.36. The van der Waals surface area contributed by atoms with Crippen LogP contribution in [0.1, 0.15) is 35.1 Å². The molecular formula is C21H19ClFN3O4. The topological polar surface area (TPSA) is 77.7 Å². The lowest BCUT2D eigenvalue weighted by molar-refractivity contribution is 0.0709. The van der Waals surface area contributed by atoms with E-state index in [1.807, 2.05) is 0 Å². The number of aromatic nitrogens is 2. The molecular weight excluding hydrogens is 413 g/mol.